The van der Waals surface area contributed by atoms with Crippen molar-refractivity contribution in [2.75, 3.05) is 0 Å². The molecular weight excluding hydrogens is 320 g/mol. The maximum atomic E-state index is 6.64. The molecule has 0 aromatic heterocycles. The minimum absolute atomic E-state index is 0.115. The summed E-state index contributed by atoms with van der Waals surface area (Å²) in [6.45, 7) is 13.4. The van der Waals surface area contributed by atoms with E-state index in [1.807, 2.05) is 0 Å². The van der Waals surface area contributed by atoms with E-state index < -0.39 is 0 Å². The van der Waals surface area contributed by atoms with E-state index in [0.29, 0.717) is 11.3 Å². The van der Waals surface area contributed by atoms with Crippen molar-refractivity contribution in [3.05, 3.63) is 33.3 Å². The van der Waals surface area contributed by atoms with Gasteiger partial charge in [-0.05, 0) is 60.8 Å². The van der Waals surface area contributed by atoms with Gasteiger partial charge in [-0.1, -0.05) is 49.7 Å². The lowest BCUT2D eigenvalue weighted by molar-refractivity contribution is 0.295. The lowest BCUT2D eigenvalue weighted by Gasteiger charge is -2.25. The van der Waals surface area contributed by atoms with Crippen LogP contribution in [0.4, 0.5) is 0 Å². The van der Waals surface area contributed by atoms with Gasteiger partial charge in [-0.25, -0.2) is 0 Å². The number of halogens is 2. The molecule has 19 heavy (non-hydrogen) atoms. The molecule has 1 rings (SSSR count). The second kappa shape index (κ2) is 6.63. The maximum Gasteiger partial charge on any atom is 0.0590 e. The van der Waals surface area contributed by atoms with Crippen molar-refractivity contribution < 1.29 is 0 Å². The Kier molecular flexibility index (Phi) is 5.95. The van der Waals surface area contributed by atoms with Gasteiger partial charge in [0, 0.05) is 4.47 Å². The molecular formula is C17H26BrCl. The minimum atomic E-state index is 0.115. The third-order valence-corrected chi connectivity index (χ3v) is 4.72. The molecule has 2 heteroatoms. The summed E-state index contributed by atoms with van der Waals surface area (Å²) in [5.41, 5.74) is 4.19. The van der Waals surface area contributed by atoms with Gasteiger partial charge < -0.3 is 0 Å². The molecule has 0 aliphatic carbocycles. The van der Waals surface area contributed by atoms with Crippen LogP contribution in [0.25, 0.3) is 0 Å². The van der Waals surface area contributed by atoms with Gasteiger partial charge in [0.2, 0.25) is 0 Å². The Labute approximate surface area is 132 Å². The Morgan fingerprint density at radius 3 is 2.26 bits per heavy atom. The Hall–Kier alpha value is -0.0100. The van der Waals surface area contributed by atoms with Gasteiger partial charge in [-0.3, -0.25) is 0 Å². The third-order valence-electron chi connectivity index (χ3n) is 3.45. The molecule has 0 N–H and O–H groups in total. The second-order valence-corrected chi connectivity index (χ2v) is 8.41. The molecule has 0 amide bonds. The number of alkyl halides is 1. The molecule has 0 aliphatic heterocycles. The first-order valence-corrected chi connectivity index (χ1v) is 8.24. The number of aryl methyl sites for hydroxylation is 2. The maximum absolute atomic E-state index is 6.64. The number of rotatable bonds is 4. The van der Waals surface area contributed by atoms with E-state index >= 15 is 0 Å². The first-order chi connectivity index (χ1) is 8.60. The van der Waals surface area contributed by atoms with E-state index in [9.17, 15) is 0 Å². The van der Waals surface area contributed by atoms with Crippen molar-refractivity contribution in [1.29, 1.82) is 0 Å². The normalized spacial score (nSPS) is 15.4. The topological polar surface area (TPSA) is 0 Å². The van der Waals surface area contributed by atoms with Gasteiger partial charge in [0.1, 0.15) is 0 Å². The molecule has 0 bridgehead atoms. The number of benzene rings is 1. The van der Waals surface area contributed by atoms with Crippen LogP contribution in [0.5, 0.6) is 0 Å². The van der Waals surface area contributed by atoms with Crippen molar-refractivity contribution >= 4 is 27.5 Å². The monoisotopic (exact) mass is 344 g/mol. The Morgan fingerprint density at radius 2 is 1.74 bits per heavy atom. The molecule has 2 atom stereocenters. The van der Waals surface area contributed by atoms with Crippen molar-refractivity contribution in [2.24, 2.45) is 11.3 Å². The standard InChI is InChI=1S/C17H26BrCl/c1-11(10-17(4,5)6)7-16(19)14-8-13(3)15(18)9-12(14)2/h8-9,11,16H,7,10H2,1-6H3. The average molecular weight is 346 g/mol. The zero-order valence-corrected chi connectivity index (χ0v) is 15.3. The summed E-state index contributed by atoms with van der Waals surface area (Å²) in [4.78, 5) is 0. The zero-order valence-electron chi connectivity index (χ0n) is 13.0. The van der Waals surface area contributed by atoms with Gasteiger partial charge >= 0.3 is 0 Å². The summed E-state index contributed by atoms with van der Waals surface area (Å²) in [6, 6.07) is 4.40. The molecule has 0 nitrogen and oxygen atoms in total. The quantitative estimate of drug-likeness (QED) is 0.526. The predicted molar refractivity (Wildman–Crippen MR) is 90.1 cm³/mol. The van der Waals surface area contributed by atoms with E-state index in [0.717, 1.165) is 6.42 Å². The van der Waals surface area contributed by atoms with Gasteiger partial charge in [-0.15, -0.1) is 11.6 Å². The molecule has 1 aromatic rings. The summed E-state index contributed by atoms with van der Waals surface area (Å²) in [7, 11) is 0. The molecule has 0 saturated carbocycles. The Bertz CT molecular complexity index is 432. The molecule has 0 spiro atoms. The minimum Gasteiger partial charge on any atom is -0.118 e. The molecule has 0 aliphatic rings. The lowest BCUT2D eigenvalue weighted by atomic mass is 9.83. The van der Waals surface area contributed by atoms with E-state index in [1.165, 1.54) is 27.6 Å². The molecule has 1 aromatic carbocycles. The van der Waals surface area contributed by atoms with Crippen molar-refractivity contribution in [3.63, 3.8) is 0 Å². The molecule has 0 heterocycles. The fourth-order valence-electron chi connectivity index (χ4n) is 2.75. The summed E-state index contributed by atoms with van der Waals surface area (Å²) < 4.78 is 1.17. The summed E-state index contributed by atoms with van der Waals surface area (Å²) in [6.07, 6.45) is 2.26. The highest BCUT2D eigenvalue weighted by Gasteiger charge is 2.20. The van der Waals surface area contributed by atoms with Crippen LogP contribution in [0, 0.1) is 25.2 Å². The largest absolute Gasteiger partial charge is 0.118 e. The lowest BCUT2D eigenvalue weighted by Crippen LogP contribution is -2.12. The fraction of sp³-hybridized carbons (Fsp3) is 0.647. The van der Waals surface area contributed by atoms with Crippen molar-refractivity contribution in [3.8, 4) is 0 Å². The highest BCUT2D eigenvalue weighted by Crippen LogP contribution is 2.36. The smallest absolute Gasteiger partial charge is 0.0590 e. The van der Waals surface area contributed by atoms with Crippen molar-refractivity contribution in [1.82, 2.24) is 0 Å². The van der Waals surface area contributed by atoms with Crippen LogP contribution in [0.1, 0.15) is 62.6 Å². The zero-order chi connectivity index (χ0) is 14.8. The van der Waals surface area contributed by atoms with E-state index in [-0.39, 0.29) is 5.38 Å². The molecule has 2 unspecified atom stereocenters. The molecule has 0 radical (unpaired) electrons. The van der Waals surface area contributed by atoms with E-state index in [2.05, 4.69) is 69.6 Å². The van der Waals surface area contributed by atoms with Crippen LogP contribution in [-0.2, 0) is 0 Å². The average Bonchev–Trinajstić information content (AvgIpc) is 2.20. The Balaban J connectivity index is 2.78. The molecule has 108 valence electrons. The first kappa shape index (κ1) is 17.0. The Morgan fingerprint density at radius 1 is 1.16 bits per heavy atom. The van der Waals surface area contributed by atoms with Gasteiger partial charge in [0.05, 0.1) is 5.38 Å². The second-order valence-electron chi connectivity index (χ2n) is 7.03. The number of hydrogen-bond acceptors (Lipinski definition) is 0. The van der Waals surface area contributed by atoms with Crippen LogP contribution in [0.2, 0.25) is 0 Å². The summed E-state index contributed by atoms with van der Waals surface area (Å²) >= 11 is 10.2. The first-order valence-electron chi connectivity index (χ1n) is 7.01. The fourth-order valence-corrected chi connectivity index (χ4v) is 3.75. The summed E-state index contributed by atoms with van der Waals surface area (Å²) in [5.74, 6) is 0.644. The summed E-state index contributed by atoms with van der Waals surface area (Å²) in [5, 5.41) is 0.115. The third kappa shape index (κ3) is 5.47. The highest BCUT2D eigenvalue weighted by atomic mass is 79.9. The highest BCUT2D eigenvalue weighted by molar-refractivity contribution is 9.10. The van der Waals surface area contributed by atoms with Crippen LogP contribution < -0.4 is 0 Å². The molecule has 0 fully saturated rings. The van der Waals surface area contributed by atoms with Gasteiger partial charge in [0.15, 0.2) is 0 Å². The van der Waals surface area contributed by atoms with E-state index in [4.69, 9.17) is 11.6 Å². The van der Waals surface area contributed by atoms with E-state index in [1.54, 1.807) is 0 Å². The molecule has 0 saturated heterocycles. The van der Waals surface area contributed by atoms with Crippen LogP contribution in [-0.4, -0.2) is 0 Å². The van der Waals surface area contributed by atoms with Gasteiger partial charge in [-0.2, -0.15) is 0 Å². The SMILES string of the molecule is Cc1cc(C(Cl)CC(C)CC(C)(C)C)c(C)cc1Br. The van der Waals surface area contributed by atoms with Crippen LogP contribution >= 0.6 is 27.5 Å². The number of hydrogen-bond donors (Lipinski definition) is 0. The van der Waals surface area contributed by atoms with Crippen LogP contribution in [0.3, 0.4) is 0 Å². The van der Waals surface area contributed by atoms with Crippen molar-refractivity contribution in [2.45, 2.75) is 59.8 Å². The van der Waals surface area contributed by atoms with Crippen LogP contribution in [0.15, 0.2) is 16.6 Å². The predicted octanol–water partition coefficient (Wildman–Crippen LogP) is 6.81. The van der Waals surface area contributed by atoms with Gasteiger partial charge in [0.25, 0.3) is 0 Å².